The summed E-state index contributed by atoms with van der Waals surface area (Å²) >= 11 is 0. The highest BCUT2D eigenvalue weighted by molar-refractivity contribution is 5.72. The summed E-state index contributed by atoms with van der Waals surface area (Å²) in [6.07, 6.45) is 4.59. The second kappa shape index (κ2) is 5.95. The van der Waals surface area contributed by atoms with E-state index in [9.17, 15) is 0 Å². The second-order valence-electron chi connectivity index (χ2n) is 4.03. The molecule has 0 saturated heterocycles. The van der Waals surface area contributed by atoms with Gasteiger partial charge in [0.25, 0.3) is 0 Å². The highest BCUT2D eigenvalue weighted by Gasteiger charge is 2.05. The van der Waals surface area contributed by atoms with Crippen molar-refractivity contribution in [1.29, 1.82) is 0 Å². The molecule has 0 radical (unpaired) electrons. The number of nitrogens with two attached hydrogens (primary N) is 1. The number of para-hydroxylation sites is 1. The topological polar surface area (TPSA) is 76.0 Å². The lowest BCUT2D eigenvalue weighted by Gasteiger charge is -2.13. The molecule has 2 rings (SSSR count). The van der Waals surface area contributed by atoms with E-state index in [1.165, 1.54) is 0 Å². The summed E-state index contributed by atoms with van der Waals surface area (Å²) in [5.74, 6) is 0.731. The Labute approximate surface area is 106 Å². The van der Waals surface area contributed by atoms with Gasteiger partial charge in [0.15, 0.2) is 0 Å². The Hall–Kier alpha value is -2.17. The van der Waals surface area contributed by atoms with Gasteiger partial charge in [-0.2, -0.15) is 5.10 Å². The molecule has 0 aliphatic heterocycles. The Morgan fingerprint density at radius 2 is 2.33 bits per heavy atom. The summed E-state index contributed by atoms with van der Waals surface area (Å²) in [6.45, 7) is 3.42. The molecular weight excluding hydrogens is 228 g/mol. The number of aromatic nitrogens is 2. The maximum Gasteiger partial charge on any atom is 0.144 e. The van der Waals surface area contributed by atoms with Crippen LogP contribution in [0.25, 0.3) is 0 Å². The Balaban J connectivity index is 2.03. The predicted octanol–water partition coefficient (Wildman–Crippen LogP) is 2.39. The van der Waals surface area contributed by atoms with Crippen LogP contribution in [0, 0.1) is 0 Å². The van der Waals surface area contributed by atoms with Gasteiger partial charge in [0, 0.05) is 18.3 Å². The van der Waals surface area contributed by atoms with Crippen molar-refractivity contribution < 1.29 is 4.74 Å². The summed E-state index contributed by atoms with van der Waals surface area (Å²) < 4.78 is 5.58. The Kier molecular flexibility index (Phi) is 4.06. The quantitative estimate of drug-likeness (QED) is 0.684. The van der Waals surface area contributed by atoms with E-state index >= 15 is 0 Å². The van der Waals surface area contributed by atoms with Crippen LogP contribution in [0.5, 0.6) is 5.75 Å². The second-order valence-corrected chi connectivity index (χ2v) is 4.03. The fourth-order valence-corrected chi connectivity index (χ4v) is 1.61. The number of ether oxygens (including phenoxy) is 1. The first kappa shape index (κ1) is 12.3. The zero-order valence-electron chi connectivity index (χ0n) is 10.4. The monoisotopic (exact) mass is 246 g/mol. The maximum absolute atomic E-state index is 6.05. The molecule has 96 valence electrons. The number of nitrogens with one attached hydrogen (secondary N) is 2. The van der Waals surface area contributed by atoms with Crippen LogP contribution in [0.15, 0.2) is 30.6 Å². The molecule has 0 spiro atoms. The van der Waals surface area contributed by atoms with Crippen LogP contribution in [0.3, 0.4) is 0 Å². The van der Waals surface area contributed by atoms with Gasteiger partial charge < -0.3 is 15.8 Å². The van der Waals surface area contributed by atoms with Gasteiger partial charge in [-0.15, -0.1) is 0 Å². The largest absolute Gasteiger partial charge is 0.491 e. The van der Waals surface area contributed by atoms with Crippen molar-refractivity contribution in [2.75, 3.05) is 17.7 Å². The van der Waals surface area contributed by atoms with Crippen molar-refractivity contribution in [3.05, 3.63) is 36.2 Å². The smallest absolute Gasteiger partial charge is 0.144 e. The highest BCUT2D eigenvalue weighted by atomic mass is 16.5. The van der Waals surface area contributed by atoms with Gasteiger partial charge in [-0.1, -0.05) is 13.0 Å². The van der Waals surface area contributed by atoms with Gasteiger partial charge in [-0.25, -0.2) is 0 Å². The SMILES string of the molecule is CCCOc1cccc(NCc2cn[nH]c2)c1N. The number of hydrogen-bond donors (Lipinski definition) is 3. The lowest BCUT2D eigenvalue weighted by Crippen LogP contribution is -2.04. The molecular formula is C13H18N4O. The van der Waals surface area contributed by atoms with E-state index in [0.717, 1.165) is 23.4 Å². The fourth-order valence-electron chi connectivity index (χ4n) is 1.61. The zero-order valence-corrected chi connectivity index (χ0v) is 10.4. The number of benzene rings is 1. The molecule has 0 bridgehead atoms. The van der Waals surface area contributed by atoms with Gasteiger partial charge in [0.1, 0.15) is 5.75 Å². The van der Waals surface area contributed by atoms with Gasteiger partial charge >= 0.3 is 0 Å². The van der Waals surface area contributed by atoms with Crippen molar-refractivity contribution in [3.63, 3.8) is 0 Å². The van der Waals surface area contributed by atoms with E-state index in [1.807, 2.05) is 24.4 Å². The van der Waals surface area contributed by atoms with Crippen molar-refractivity contribution in [1.82, 2.24) is 10.2 Å². The Morgan fingerprint density at radius 3 is 3.06 bits per heavy atom. The van der Waals surface area contributed by atoms with Gasteiger partial charge in [0.2, 0.25) is 0 Å². The third kappa shape index (κ3) is 2.94. The summed E-state index contributed by atoms with van der Waals surface area (Å²) in [5.41, 5.74) is 8.66. The van der Waals surface area contributed by atoms with Crippen LogP contribution >= 0.6 is 0 Å². The normalized spacial score (nSPS) is 10.3. The van der Waals surface area contributed by atoms with Crippen LogP contribution in [0.4, 0.5) is 11.4 Å². The highest BCUT2D eigenvalue weighted by Crippen LogP contribution is 2.29. The number of nitrogens with zero attached hydrogens (tertiary/aromatic N) is 1. The molecule has 0 amide bonds. The van der Waals surface area contributed by atoms with Crippen molar-refractivity contribution >= 4 is 11.4 Å². The average molecular weight is 246 g/mol. The average Bonchev–Trinajstić information content (AvgIpc) is 2.89. The maximum atomic E-state index is 6.05. The Bertz CT molecular complexity index is 482. The number of H-pyrrole nitrogens is 1. The molecule has 5 nitrogen and oxygen atoms in total. The summed E-state index contributed by atoms with van der Waals surface area (Å²) in [4.78, 5) is 0. The van der Waals surface area contributed by atoms with E-state index in [-0.39, 0.29) is 0 Å². The molecule has 0 aliphatic carbocycles. The molecule has 0 aliphatic rings. The molecule has 5 heteroatoms. The first-order valence-electron chi connectivity index (χ1n) is 6.04. The molecule has 2 aromatic rings. The number of nitrogen functional groups attached to an aromatic ring is 1. The molecule has 1 aromatic carbocycles. The van der Waals surface area contributed by atoms with E-state index in [2.05, 4.69) is 22.4 Å². The third-order valence-corrected chi connectivity index (χ3v) is 2.57. The van der Waals surface area contributed by atoms with Crippen LogP contribution in [0.2, 0.25) is 0 Å². The van der Waals surface area contributed by atoms with Crippen LogP contribution in [-0.2, 0) is 6.54 Å². The van der Waals surface area contributed by atoms with Gasteiger partial charge in [0.05, 0.1) is 24.2 Å². The number of rotatable bonds is 6. The first-order valence-corrected chi connectivity index (χ1v) is 6.04. The van der Waals surface area contributed by atoms with E-state index < -0.39 is 0 Å². The first-order chi connectivity index (χ1) is 8.81. The minimum Gasteiger partial charge on any atom is -0.491 e. The minimum absolute atomic E-state index is 0.648. The number of aromatic amines is 1. The molecule has 1 heterocycles. The summed E-state index contributed by atoms with van der Waals surface area (Å²) in [7, 11) is 0. The molecule has 0 atom stereocenters. The predicted molar refractivity (Wildman–Crippen MR) is 72.6 cm³/mol. The van der Waals surface area contributed by atoms with E-state index in [4.69, 9.17) is 10.5 Å². The van der Waals surface area contributed by atoms with Gasteiger partial charge in [-0.05, 0) is 18.6 Å². The van der Waals surface area contributed by atoms with E-state index in [0.29, 0.717) is 18.8 Å². The lowest BCUT2D eigenvalue weighted by atomic mass is 10.2. The number of hydrogen-bond acceptors (Lipinski definition) is 4. The van der Waals surface area contributed by atoms with Crippen LogP contribution in [-0.4, -0.2) is 16.8 Å². The standard InChI is InChI=1S/C13H18N4O/c1-2-6-18-12-5-3-4-11(13(12)14)15-7-10-8-16-17-9-10/h3-5,8-9,15H,2,6-7,14H2,1H3,(H,16,17). The Morgan fingerprint density at radius 1 is 1.44 bits per heavy atom. The lowest BCUT2D eigenvalue weighted by molar-refractivity contribution is 0.319. The van der Waals surface area contributed by atoms with Crippen LogP contribution < -0.4 is 15.8 Å². The number of anilines is 2. The molecule has 0 unspecified atom stereocenters. The van der Waals surface area contributed by atoms with Gasteiger partial charge in [-0.3, -0.25) is 5.10 Å². The summed E-state index contributed by atoms with van der Waals surface area (Å²) in [5, 5.41) is 9.94. The summed E-state index contributed by atoms with van der Waals surface area (Å²) in [6, 6.07) is 5.75. The van der Waals surface area contributed by atoms with Crippen molar-refractivity contribution in [2.24, 2.45) is 0 Å². The zero-order chi connectivity index (χ0) is 12.8. The minimum atomic E-state index is 0.648. The molecule has 18 heavy (non-hydrogen) atoms. The van der Waals surface area contributed by atoms with Crippen LogP contribution in [0.1, 0.15) is 18.9 Å². The fraction of sp³-hybridized carbons (Fsp3) is 0.308. The van der Waals surface area contributed by atoms with Crippen molar-refractivity contribution in [2.45, 2.75) is 19.9 Å². The van der Waals surface area contributed by atoms with E-state index in [1.54, 1.807) is 6.20 Å². The third-order valence-electron chi connectivity index (χ3n) is 2.57. The molecule has 0 fully saturated rings. The molecule has 1 aromatic heterocycles. The molecule has 4 N–H and O–H groups in total. The molecule has 0 saturated carbocycles. The van der Waals surface area contributed by atoms with Crippen molar-refractivity contribution in [3.8, 4) is 5.75 Å².